The van der Waals surface area contributed by atoms with E-state index in [-0.39, 0.29) is 5.91 Å². The molecule has 0 saturated heterocycles. The number of nitrogens with zero attached hydrogens (tertiary/aromatic N) is 3. The van der Waals surface area contributed by atoms with Gasteiger partial charge in [0.2, 0.25) is 5.91 Å². The third-order valence-corrected chi connectivity index (χ3v) is 3.69. The van der Waals surface area contributed by atoms with E-state index in [0.29, 0.717) is 11.3 Å². The van der Waals surface area contributed by atoms with Crippen LogP contribution in [-0.4, -0.2) is 21.7 Å². The van der Waals surface area contributed by atoms with Crippen LogP contribution in [0.3, 0.4) is 0 Å². The molecule has 0 aliphatic carbocycles. The Labute approximate surface area is 145 Å². The summed E-state index contributed by atoms with van der Waals surface area (Å²) < 4.78 is 1.73. The van der Waals surface area contributed by atoms with Gasteiger partial charge in [-0.3, -0.25) is 4.79 Å². The van der Waals surface area contributed by atoms with Crippen LogP contribution in [0.5, 0.6) is 0 Å². The van der Waals surface area contributed by atoms with E-state index >= 15 is 0 Å². The normalized spacial score (nSPS) is 11.4. The lowest BCUT2D eigenvalue weighted by atomic mass is 10.2. The van der Waals surface area contributed by atoms with Gasteiger partial charge in [-0.25, -0.2) is 4.68 Å². The summed E-state index contributed by atoms with van der Waals surface area (Å²) in [5.41, 5.74) is 2.61. The average Bonchev–Trinajstić information content (AvgIpc) is 3.11. The molecule has 2 aromatic carbocycles. The fourth-order valence-corrected chi connectivity index (χ4v) is 2.37. The van der Waals surface area contributed by atoms with Crippen LogP contribution in [0.15, 0.2) is 67.0 Å². The second-order valence-corrected chi connectivity index (χ2v) is 5.52. The zero-order valence-corrected chi connectivity index (χ0v) is 13.7. The first-order valence-electron chi connectivity index (χ1n) is 7.84. The number of nitrogens with one attached hydrogen (secondary N) is 2. The van der Waals surface area contributed by atoms with E-state index in [1.807, 2.05) is 36.5 Å². The van der Waals surface area contributed by atoms with Crippen LogP contribution in [0.1, 0.15) is 12.5 Å². The first-order chi connectivity index (χ1) is 12.2. The van der Waals surface area contributed by atoms with Gasteiger partial charge < -0.3 is 10.6 Å². The molecule has 2 N–H and O–H groups in total. The van der Waals surface area contributed by atoms with Crippen molar-refractivity contribution in [1.29, 1.82) is 5.26 Å². The average molecular weight is 331 g/mol. The minimum Gasteiger partial charge on any atom is -0.371 e. The van der Waals surface area contributed by atoms with E-state index in [2.05, 4.69) is 21.8 Å². The largest absolute Gasteiger partial charge is 0.371 e. The second-order valence-electron chi connectivity index (χ2n) is 5.52. The van der Waals surface area contributed by atoms with E-state index in [9.17, 15) is 4.79 Å². The second kappa shape index (κ2) is 7.32. The van der Waals surface area contributed by atoms with Gasteiger partial charge in [0, 0.05) is 0 Å². The molecule has 0 unspecified atom stereocenters. The van der Waals surface area contributed by atoms with Gasteiger partial charge in [-0.15, -0.1) is 0 Å². The van der Waals surface area contributed by atoms with Crippen molar-refractivity contribution < 1.29 is 4.79 Å². The Morgan fingerprint density at radius 2 is 1.88 bits per heavy atom. The molecule has 1 heterocycles. The zero-order chi connectivity index (χ0) is 17.6. The Bertz CT molecular complexity index is 911. The Morgan fingerprint density at radius 1 is 1.16 bits per heavy atom. The summed E-state index contributed by atoms with van der Waals surface area (Å²) in [6, 6.07) is 18.2. The number of carbonyl (C=O) groups is 1. The number of anilines is 2. The van der Waals surface area contributed by atoms with Crippen LogP contribution < -0.4 is 10.6 Å². The fraction of sp³-hybridized carbons (Fsp3) is 0.105. The van der Waals surface area contributed by atoms with Gasteiger partial charge in [-0.05, 0) is 31.2 Å². The Morgan fingerprint density at radius 3 is 2.64 bits per heavy atom. The number of aromatic nitrogens is 2. The maximum Gasteiger partial charge on any atom is 0.246 e. The van der Waals surface area contributed by atoms with Gasteiger partial charge in [0.15, 0.2) is 0 Å². The van der Waals surface area contributed by atoms with Gasteiger partial charge in [0.25, 0.3) is 0 Å². The van der Waals surface area contributed by atoms with Crippen LogP contribution in [0.2, 0.25) is 0 Å². The van der Waals surface area contributed by atoms with Crippen molar-refractivity contribution in [2.45, 2.75) is 13.0 Å². The van der Waals surface area contributed by atoms with Crippen LogP contribution in [0.4, 0.5) is 11.4 Å². The van der Waals surface area contributed by atoms with Crippen LogP contribution in [0, 0.1) is 11.3 Å². The standard InChI is InChI=1S/C19H17N5O/c1-14(19(25)23-18-10-6-5-7-15(18)11-20)22-16-12-21-24(13-16)17-8-3-2-4-9-17/h2-10,12-14,22H,1H3,(H,23,25)/t14-/m1/s1. The third-order valence-electron chi connectivity index (χ3n) is 3.69. The number of amides is 1. The SMILES string of the molecule is C[C@@H](Nc1cnn(-c2ccccc2)c1)C(=O)Nc1ccccc1C#N. The number of hydrogen-bond acceptors (Lipinski definition) is 4. The van der Waals surface area contributed by atoms with Gasteiger partial charge in [-0.2, -0.15) is 10.4 Å². The quantitative estimate of drug-likeness (QED) is 0.752. The van der Waals surface area contributed by atoms with Crippen molar-refractivity contribution in [3.05, 3.63) is 72.6 Å². The highest BCUT2D eigenvalue weighted by Gasteiger charge is 2.15. The number of hydrogen-bond donors (Lipinski definition) is 2. The maximum atomic E-state index is 12.4. The molecule has 1 aromatic heterocycles. The molecule has 0 radical (unpaired) electrons. The lowest BCUT2D eigenvalue weighted by Crippen LogP contribution is -2.32. The summed E-state index contributed by atoms with van der Waals surface area (Å²) in [5.74, 6) is -0.227. The highest BCUT2D eigenvalue weighted by atomic mass is 16.2. The minimum atomic E-state index is -0.486. The molecule has 6 heteroatoms. The zero-order valence-electron chi connectivity index (χ0n) is 13.7. The predicted molar refractivity (Wildman–Crippen MR) is 96.4 cm³/mol. The predicted octanol–water partition coefficient (Wildman–Crippen LogP) is 3.18. The summed E-state index contributed by atoms with van der Waals surface area (Å²) in [5, 5.41) is 19.3. The Balaban J connectivity index is 1.66. The summed E-state index contributed by atoms with van der Waals surface area (Å²) in [7, 11) is 0. The van der Waals surface area contributed by atoms with E-state index < -0.39 is 6.04 Å². The molecule has 6 nitrogen and oxygen atoms in total. The third kappa shape index (κ3) is 3.85. The fourth-order valence-electron chi connectivity index (χ4n) is 2.37. The number of para-hydroxylation sites is 2. The molecule has 0 aliphatic heterocycles. The van der Waals surface area contributed by atoms with Crippen molar-refractivity contribution >= 4 is 17.3 Å². The molecule has 3 aromatic rings. The lowest BCUT2D eigenvalue weighted by molar-refractivity contribution is -0.116. The van der Waals surface area contributed by atoms with E-state index in [1.54, 1.807) is 42.1 Å². The topological polar surface area (TPSA) is 82.7 Å². The minimum absolute atomic E-state index is 0.227. The van der Waals surface area contributed by atoms with Crippen molar-refractivity contribution in [2.24, 2.45) is 0 Å². The van der Waals surface area contributed by atoms with Crippen molar-refractivity contribution in [3.63, 3.8) is 0 Å². The molecule has 1 amide bonds. The summed E-state index contributed by atoms with van der Waals surface area (Å²) in [4.78, 5) is 12.4. The van der Waals surface area contributed by atoms with Crippen molar-refractivity contribution in [1.82, 2.24) is 9.78 Å². The number of benzene rings is 2. The summed E-state index contributed by atoms with van der Waals surface area (Å²) in [6.07, 6.45) is 3.49. The molecule has 124 valence electrons. The molecule has 0 saturated carbocycles. The Kier molecular flexibility index (Phi) is 4.77. The number of carbonyl (C=O) groups excluding carboxylic acids is 1. The van der Waals surface area contributed by atoms with Gasteiger partial charge in [-0.1, -0.05) is 30.3 Å². The van der Waals surface area contributed by atoms with E-state index in [1.165, 1.54) is 0 Å². The smallest absolute Gasteiger partial charge is 0.246 e. The van der Waals surface area contributed by atoms with E-state index in [4.69, 9.17) is 5.26 Å². The molecule has 0 aliphatic rings. The molecular formula is C19H17N5O. The molecule has 0 fully saturated rings. The van der Waals surface area contributed by atoms with Crippen molar-refractivity contribution in [2.75, 3.05) is 10.6 Å². The number of rotatable bonds is 5. The molecule has 1 atom stereocenters. The summed E-state index contributed by atoms with van der Waals surface area (Å²) in [6.45, 7) is 1.75. The first kappa shape index (κ1) is 16.3. The van der Waals surface area contributed by atoms with Gasteiger partial charge >= 0.3 is 0 Å². The molecule has 0 bridgehead atoms. The Hall–Kier alpha value is -3.59. The number of nitriles is 1. The van der Waals surface area contributed by atoms with Crippen LogP contribution in [0.25, 0.3) is 5.69 Å². The van der Waals surface area contributed by atoms with E-state index in [0.717, 1.165) is 11.4 Å². The highest BCUT2D eigenvalue weighted by molar-refractivity contribution is 5.97. The molecule has 25 heavy (non-hydrogen) atoms. The van der Waals surface area contributed by atoms with Crippen LogP contribution in [-0.2, 0) is 4.79 Å². The molecular weight excluding hydrogens is 314 g/mol. The summed E-state index contributed by atoms with van der Waals surface area (Å²) >= 11 is 0. The lowest BCUT2D eigenvalue weighted by Gasteiger charge is -2.14. The van der Waals surface area contributed by atoms with Gasteiger partial charge in [0.05, 0.1) is 35.0 Å². The van der Waals surface area contributed by atoms with Crippen molar-refractivity contribution in [3.8, 4) is 11.8 Å². The first-order valence-corrected chi connectivity index (χ1v) is 7.84. The van der Waals surface area contributed by atoms with Crippen LogP contribution >= 0.6 is 0 Å². The molecule has 3 rings (SSSR count). The molecule has 0 spiro atoms. The van der Waals surface area contributed by atoms with Gasteiger partial charge in [0.1, 0.15) is 12.1 Å². The maximum absolute atomic E-state index is 12.4. The monoisotopic (exact) mass is 331 g/mol. The highest BCUT2D eigenvalue weighted by Crippen LogP contribution is 2.15.